The van der Waals surface area contributed by atoms with Gasteiger partial charge in [-0.15, -0.1) is 0 Å². The van der Waals surface area contributed by atoms with Crippen molar-refractivity contribution in [1.29, 1.82) is 0 Å². The maximum absolute atomic E-state index is 5.71. The summed E-state index contributed by atoms with van der Waals surface area (Å²) in [4.78, 5) is 0. The van der Waals surface area contributed by atoms with Crippen molar-refractivity contribution in [2.24, 2.45) is 7.05 Å². The summed E-state index contributed by atoms with van der Waals surface area (Å²) in [6.07, 6.45) is 2.85. The van der Waals surface area contributed by atoms with E-state index in [1.165, 1.54) is 16.8 Å². The van der Waals surface area contributed by atoms with E-state index in [9.17, 15) is 0 Å². The highest BCUT2D eigenvalue weighted by atomic mass is 16.5. The van der Waals surface area contributed by atoms with Gasteiger partial charge in [-0.25, -0.2) is 0 Å². The van der Waals surface area contributed by atoms with E-state index in [2.05, 4.69) is 29.5 Å². The summed E-state index contributed by atoms with van der Waals surface area (Å²) in [7, 11) is 1.96. The van der Waals surface area contributed by atoms with Gasteiger partial charge in [-0.3, -0.25) is 4.68 Å². The van der Waals surface area contributed by atoms with Crippen LogP contribution < -0.4 is 14.8 Å². The first-order chi connectivity index (χ1) is 10.2. The van der Waals surface area contributed by atoms with E-state index in [0.29, 0.717) is 0 Å². The number of ether oxygens (including phenoxy) is 2. The van der Waals surface area contributed by atoms with Crippen LogP contribution >= 0.6 is 0 Å². The molecule has 1 N–H and O–H groups in total. The zero-order valence-electron chi connectivity index (χ0n) is 12.6. The molecule has 0 bridgehead atoms. The molecule has 3 rings (SSSR count). The molecule has 0 unspecified atom stereocenters. The Morgan fingerprint density at radius 3 is 2.76 bits per heavy atom. The minimum Gasteiger partial charge on any atom is -0.490 e. The van der Waals surface area contributed by atoms with Crippen molar-refractivity contribution in [1.82, 2.24) is 15.1 Å². The second-order valence-corrected chi connectivity index (χ2v) is 5.31. The summed E-state index contributed by atoms with van der Waals surface area (Å²) in [5, 5.41) is 7.69. The molecule has 2 aromatic rings. The van der Waals surface area contributed by atoms with Gasteiger partial charge in [0.25, 0.3) is 0 Å². The van der Waals surface area contributed by atoms with Gasteiger partial charge < -0.3 is 14.8 Å². The summed E-state index contributed by atoms with van der Waals surface area (Å²) in [5.74, 6) is 1.70. The van der Waals surface area contributed by atoms with Crippen LogP contribution in [0.3, 0.4) is 0 Å². The standard InChI is InChI=1S/C16H21N3O2/c1-12-14(11-18-19(12)2)10-17-9-13-4-5-15-16(8-13)21-7-3-6-20-15/h4-5,8,11,17H,3,6-7,9-10H2,1-2H3. The van der Waals surface area contributed by atoms with Gasteiger partial charge in [-0.05, 0) is 24.6 Å². The Labute approximate surface area is 124 Å². The largest absolute Gasteiger partial charge is 0.490 e. The van der Waals surface area contributed by atoms with Crippen molar-refractivity contribution in [2.75, 3.05) is 13.2 Å². The second kappa shape index (κ2) is 6.18. The van der Waals surface area contributed by atoms with Gasteiger partial charge in [0.2, 0.25) is 0 Å². The quantitative estimate of drug-likeness (QED) is 0.936. The summed E-state index contributed by atoms with van der Waals surface area (Å²) >= 11 is 0. The van der Waals surface area contributed by atoms with Crippen LogP contribution in [0.15, 0.2) is 24.4 Å². The Bertz CT molecular complexity index is 622. The van der Waals surface area contributed by atoms with Crippen molar-refractivity contribution >= 4 is 0 Å². The molecule has 0 spiro atoms. The van der Waals surface area contributed by atoms with Crippen molar-refractivity contribution in [2.45, 2.75) is 26.4 Å². The first-order valence-electron chi connectivity index (χ1n) is 7.31. The normalized spacial score (nSPS) is 14.0. The molecule has 0 radical (unpaired) electrons. The van der Waals surface area contributed by atoms with Crippen LogP contribution in [0.2, 0.25) is 0 Å². The minimum absolute atomic E-state index is 0.721. The number of benzene rings is 1. The van der Waals surface area contributed by atoms with Crippen LogP contribution in [-0.2, 0) is 20.1 Å². The fraction of sp³-hybridized carbons (Fsp3) is 0.438. The third-order valence-corrected chi connectivity index (χ3v) is 3.79. The highest BCUT2D eigenvalue weighted by Crippen LogP contribution is 2.30. The van der Waals surface area contributed by atoms with Gasteiger partial charge >= 0.3 is 0 Å². The lowest BCUT2D eigenvalue weighted by molar-refractivity contribution is 0.297. The lowest BCUT2D eigenvalue weighted by Gasteiger charge is -2.10. The van der Waals surface area contributed by atoms with Crippen molar-refractivity contribution in [3.63, 3.8) is 0 Å². The zero-order chi connectivity index (χ0) is 14.7. The molecule has 0 fully saturated rings. The summed E-state index contributed by atoms with van der Waals surface area (Å²) in [6, 6.07) is 6.13. The Balaban J connectivity index is 1.60. The number of aromatic nitrogens is 2. The molecule has 5 nitrogen and oxygen atoms in total. The topological polar surface area (TPSA) is 48.3 Å². The number of rotatable bonds is 4. The van der Waals surface area contributed by atoms with E-state index in [4.69, 9.17) is 9.47 Å². The Morgan fingerprint density at radius 2 is 2.00 bits per heavy atom. The molecule has 1 aromatic heterocycles. The SMILES string of the molecule is Cc1c(CNCc2ccc3c(c2)OCCCO3)cnn1C. The molecule has 2 heterocycles. The smallest absolute Gasteiger partial charge is 0.161 e. The first-order valence-corrected chi connectivity index (χ1v) is 7.31. The molecule has 1 aromatic carbocycles. The van der Waals surface area contributed by atoms with Crippen molar-refractivity contribution in [3.05, 3.63) is 41.2 Å². The third kappa shape index (κ3) is 3.19. The van der Waals surface area contributed by atoms with Gasteiger partial charge in [0.1, 0.15) is 0 Å². The molecule has 0 atom stereocenters. The van der Waals surface area contributed by atoms with Crippen molar-refractivity contribution in [3.8, 4) is 11.5 Å². The predicted octanol–water partition coefficient (Wildman–Crippen LogP) is 2.18. The van der Waals surface area contributed by atoms with E-state index < -0.39 is 0 Å². The summed E-state index contributed by atoms with van der Waals surface area (Å²) < 4.78 is 13.2. The van der Waals surface area contributed by atoms with E-state index in [0.717, 1.165) is 44.2 Å². The maximum Gasteiger partial charge on any atom is 0.161 e. The zero-order valence-corrected chi connectivity index (χ0v) is 12.6. The molecule has 1 aliphatic rings. The van der Waals surface area contributed by atoms with Crippen LogP contribution in [-0.4, -0.2) is 23.0 Å². The van der Waals surface area contributed by atoms with Crippen LogP contribution in [0.4, 0.5) is 0 Å². The van der Waals surface area contributed by atoms with Crippen LogP contribution in [0.5, 0.6) is 11.5 Å². The average Bonchev–Trinajstić information content (AvgIpc) is 2.70. The Hall–Kier alpha value is -2.01. The Morgan fingerprint density at radius 1 is 1.19 bits per heavy atom. The average molecular weight is 287 g/mol. The fourth-order valence-corrected chi connectivity index (χ4v) is 2.38. The second-order valence-electron chi connectivity index (χ2n) is 5.31. The van der Waals surface area contributed by atoms with Crippen LogP contribution in [0, 0.1) is 6.92 Å². The van der Waals surface area contributed by atoms with E-state index in [1.54, 1.807) is 0 Å². The highest BCUT2D eigenvalue weighted by molar-refractivity contribution is 5.43. The molecule has 0 aliphatic carbocycles. The van der Waals surface area contributed by atoms with Gasteiger partial charge in [-0.2, -0.15) is 5.10 Å². The molecular formula is C16H21N3O2. The molecule has 0 amide bonds. The number of nitrogens with zero attached hydrogens (tertiary/aromatic N) is 2. The highest BCUT2D eigenvalue weighted by Gasteiger charge is 2.10. The van der Waals surface area contributed by atoms with Crippen LogP contribution in [0.25, 0.3) is 0 Å². The monoisotopic (exact) mass is 287 g/mol. The lowest BCUT2D eigenvalue weighted by atomic mass is 10.2. The number of nitrogens with one attached hydrogen (secondary N) is 1. The minimum atomic E-state index is 0.721. The van der Waals surface area contributed by atoms with E-state index in [1.807, 2.05) is 24.0 Å². The molecule has 112 valence electrons. The summed E-state index contributed by atoms with van der Waals surface area (Å²) in [5.41, 5.74) is 3.62. The van der Waals surface area contributed by atoms with Gasteiger partial charge in [0.05, 0.1) is 19.4 Å². The summed E-state index contributed by atoms with van der Waals surface area (Å²) in [6.45, 7) is 5.14. The predicted molar refractivity (Wildman–Crippen MR) is 80.5 cm³/mol. The van der Waals surface area contributed by atoms with Crippen molar-refractivity contribution < 1.29 is 9.47 Å². The third-order valence-electron chi connectivity index (χ3n) is 3.79. The molecular weight excluding hydrogens is 266 g/mol. The molecule has 21 heavy (non-hydrogen) atoms. The molecule has 1 aliphatic heterocycles. The first kappa shape index (κ1) is 13.9. The van der Waals surface area contributed by atoms with Gasteiger partial charge in [-0.1, -0.05) is 6.07 Å². The number of hydrogen-bond donors (Lipinski definition) is 1. The van der Waals surface area contributed by atoms with Gasteiger partial charge in [0, 0.05) is 37.8 Å². The van der Waals surface area contributed by atoms with E-state index >= 15 is 0 Å². The number of fused-ring (bicyclic) bond motifs is 1. The number of hydrogen-bond acceptors (Lipinski definition) is 4. The lowest BCUT2D eigenvalue weighted by Crippen LogP contribution is -2.13. The molecule has 5 heteroatoms. The van der Waals surface area contributed by atoms with Crippen LogP contribution in [0.1, 0.15) is 23.2 Å². The molecule has 0 saturated heterocycles. The van der Waals surface area contributed by atoms with E-state index in [-0.39, 0.29) is 0 Å². The van der Waals surface area contributed by atoms with Gasteiger partial charge in [0.15, 0.2) is 11.5 Å². The Kier molecular flexibility index (Phi) is 4.10. The fourth-order valence-electron chi connectivity index (χ4n) is 2.38. The molecule has 0 saturated carbocycles. The number of aryl methyl sites for hydroxylation is 1. The maximum atomic E-state index is 5.71.